The fourth-order valence-corrected chi connectivity index (χ4v) is 1.68. The number of carbonyl (C=O) groups excluding carboxylic acids is 1. The first-order valence-electron chi connectivity index (χ1n) is 6.59. The van der Waals surface area contributed by atoms with E-state index in [1.54, 1.807) is 0 Å². The Morgan fingerprint density at radius 2 is 2.10 bits per heavy atom. The zero-order valence-corrected chi connectivity index (χ0v) is 12.1. The second-order valence-corrected chi connectivity index (χ2v) is 4.79. The standard InChI is InChI=1S/C15H21NO4/c1-11-6-4-7-13(10-11)20-9-5-8-14(17)16(3)12(2)15(18)19/h4,6-7,10,12H,5,8-9H2,1-3H3,(H,18,19). The van der Waals surface area contributed by atoms with Crippen molar-refractivity contribution < 1.29 is 19.4 Å². The molecule has 1 aromatic carbocycles. The van der Waals surface area contributed by atoms with Crippen LogP contribution in [0.4, 0.5) is 0 Å². The van der Waals surface area contributed by atoms with Crippen molar-refractivity contribution >= 4 is 11.9 Å². The van der Waals surface area contributed by atoms with E-state index in [-0.39, 0.29) is 12.3 Å². The largest absolute Gasteiger partial charge is 0.494 e. The second-order valence-electron chi connectivity index (χ2n) is 4.79. The molecule has 0 saturated heterocycles. The molecule has 1 rings (SSSR count). The summed E-state index contributed by atoms with van der Waals surface area (Å²) in [6, 6.07) is 6.89. The van der Waals surface area contributed by atoms with Gasteiger partial charge in [0, 0.05) is 13.5 Å². The summed E-state index contributed by atoms with van der Waals surface area (Å²) in [6.07, 6.45) is 0.837. The molecule has 5 heteroatoms. The number of carboxylic acid groups (broad SMARTS) is 1. The van der Waals surface area contributed by atoms with Gasteiger partial charge in [-0.2, -0.15) is 0 Å². The molecule has 20 heavy (non-hydrogen) atoms. The van der Waals surface area contributed by atoms with Crippen molar-refractivity contribution in [3.8, 4) is 5.75 Å². The maximum atomic E-state index is 11.8. The van der Waals surface area contributed by atoms with Crippen LogP contribution in [0.15, 0.2) is 24.3 Å². The summed E-state index contributed by atoms with van der Waals surface area (Å²) in [6.45, 7) is 3.91. The Kier molecular flexibility index (Phi) is 6.03. The first-order chi connectivity index (χ1) is 9.41. The van der Waals surface area contributed by atoms with Gasteiger partial charge in [0.05, 0.1) is 6.61 Å². The van der Waals surface area contributed by atoms with Crippen molar-refractivity contribution in [3.05, 3.63) is 29.8 Å². The van der Waals surface area contributed by atoms with Gasteiger partial charge in [0.2, 0.25) is 5.91 Å². The van der Waals surface area contributed by atoms with Crippen molar-refractivity contribution in [1.82, 2.24) is 4.90 Å². The fraction of sp³-hybridized carbons (Fsp3) is 0.467. The van der Waals surface area contributed by atoms with E-state index in [9.17, 15) is 9.59 Å². The topological polar surface area (TPSA) is 66.8 Å². The number of aliphatic carboxylic acids is 1. The Balaban J connectivity index is 2.30. The SMILES string of the molecule is Cc1cccc(OCCCC(=O)N(C)C(C)C(=O)O)c1. The molecule has 1 aromatic rings. The summed E-state index contributed by atoms with van der Waals surface area (Å²) >= 11 is 0. The number of nitrogens with zero attached hydrogens (tertiary/aromatic N) is 1. The lowest BCUT2D eigenvalue weighted by molar-refractivity contribution is -0.148. The first kappa shape index (κ1) is 16.0. The van der Waals surface area contributed by atoms with Gasteiger partial charge in [0.25, 0.3) is 0 Å². The van der Waals surface area contributed by atoms with E-state index >= 15 is 0 Å². The van der Waals surface area contributed by atoms with E-state index in [0.29, 0.717) is 13.0 Å². The summed E-state index contributed by atoms with van der Waals surface area (Å²) in [5.41, 5.74) is 1.12. The van der Waals surface area contributed by atoms with Gasteiger partial charge in [0.15, 0.2) is 0 Å². The van der Waals surface area contributed by atoms with Crippen molar-refractivity contribution in [3.63, 3.8) is 0 Å². The maximum absolute atomic E-state index is 11.8. The van der Waals surface area contributed by atoms with Gasteiger partial charge >= 0.3 is 5.97 Å². The molecule has 0 spiro atoms. The summed E-state index contributed by atoms with van der Waals surface area (Å²) in [4.78, 5) is 23.8. The number of aryl methyl sites for hydroxylation is 1. The van der Waals surface area contributed by atoms with E-state index < -0.39 is 12.0 Å². The highest BCUT2D eigenvalue weighted by atomic mass is 16.5. The number of hydrogen-bond donors (Lipinski definition) is 1. The van der Waals surface area contributed by atoms with Gasteiger partial charge in [-0.05, 0) is 38.0 Å². The molecule has 1 atom stereocenters. The molecule has 1 unspecified atom stereocenters. The van der Waals surface area contributed by atoms with Crippen molar-refractivity contribution in [2.24, 2.45) is 0 Å². The van der Waals surface area contributed by atoms with E-state index in [1.807, 2.05) is 31.2 Å². The molecule has 1 N–H and O–H groups in total. The summed E-state index contributed by atoms with van der Waals surface area (Å²) < 4.78 is 5.54. The van der Waals surface area contributed by atoms with Crippen molar-refractivity contribution in [1.29, 1.82) is 0 Å². The van der Waals surface area contributed by atoms with Crippen LogP contribution in [0.25, 0.3) is 0 Å². The van der Waals surface area contributed by atoms with Crippen molar-refractivity contribution in [2.45, 2.75) is 32.7 Å². The average molecular weight is 279 g/mol. The van der Waals surface area contributed by atoms with Crippen LogP contribution < -0.4 is 4.74 Å². The predicted molar refractivity (Wildman–Crippen MR) is 75.8 cm³/mol. The van der Waals surface area contributed by atoms with Gasteiger partial charge < -0.3 is 14.7 Å². The molecule has 0 bridgehead atoms. The minimum absolute atomic E-state index is 0.187. The lowest BCUT2D eigenvalue weighted by Gasteiger charge is -2.21. The monoisotopic (exact) mass is 279 g/mol. The summed E-state index contributed by atoms with van der Waals surface area (Å²) in [5, 5.41) is 8.83. The van der Waals surface area contributed by atoms with Crippen LogP contribution in [0.1, 0.15) is 25.3 Å². The highest BCUT2D eigenvalue weighted by Gasteiger charge is 2.20. The molecule has 0 aromatic heterocycles. The molecule has 5 nitrogen and oxygen atoms in total. The molecular weight excluding hydrogens is 258 g/mol. The molecule has 0 aliphatic rings. The molecule has 0 heterocycles. The maximum Gasteiger partial charge on any atom is 0.326 e. The van der Waals surface area contributed by atoms with Gasteiger partial charge in [-0.25, -0.2) is 4.79 Å². The van der Waals surface area contributed by atoms with E-state index in [0.717, 1.165) is 11.3 Å². The Labute approximate surface area is 119 Å². The number of hydrogen-bond acceptors (Lipinski definition) is 3. The second kappa shape index (κ2) is 7.53. The fourth-order valence-electron chi connectivity index (χ4n) is 1.68. The molecule has 1 amide bonds. The quantitative estimate of drug-likeness (QED) is 0.776. The highest BCUT2D eigenvalue weighted by molar-refractivity contribution is 5.83. The molecule has 0 radical (unpaired) electrons. The Morgan fingerprint density at radius 3 is 2.70 bits per heavy atom. The lowest BCUT2D eigenvalue weighted by atomic mass is 10.2. The number of benzene rings is 1. The zero-order valence-electron chi connectivity index (χ0n) is 12.1. The molecule has 110 valence electrons. The van der Waals surface area contributed by atoms with Gasteiger partial charge in [-0.1, -0.05) is 12.1 Å². The van der Waals surface area contributed by atoms with E-state index in [2.05, 4.69) is 0 Å². The molecular formula is C15H21NO4. The third-order valence-corrected chi connectivity index (χ3v) is 3.12. The summed E-state index contributed by atoms with van der Waals surface area (Å²) in [7, 11) is 1.50. The highest BCUT2D eigenvalue weighted by Crippen LogP contribution is 2.13. The number of carbonyl (C=O) groups is 2. The molecule has 0 fully saturated rings. The van der Waals surface area contributed by atoms with E-state index in [4.69, 9.17) is 9.84 Å². The smallest absolute Gasteiger partial charge is 0.326 e. The molecule has 0 saturated carbocycles. The Bertz CT molecular complexity index is 473. The first-order valence-corrected chi connectivity index (χ1v) is 6.59. The molecule has 0 aliphatic carbocycles. The van der Waals surface area contributed by atoms with Crippen LogP contribution in [0, 0.1) is 6.92 Å². The molecule has 0 aliphatic heterocycles. The van der Waals surface area contributed by atoms with Crippen LogP contribution in [0.3, 0.4) is 0 Å². The average Bonchev–Trinajstić information content (AvgIpc) is 2.41. The van der Waals surface area contributed by atoms with Gasteiger partial charge in [-0.15, -0.1) is 0 Å². The van der Waals surface area contributed by atoms with Crippen LogP contribution >= 0.6 is 0 Å². The number of carboxylic acids is 1. The Morgan fingerprint density at radius 1 is 1.40 bits per heavy atom. The van der Waals surface area contributed by atoms with Gasteiger partial charge in [0.1, 0.15) is 11.8 Å². The minimum atomic E-state index is -1.00. The number of ether oxygens (including phenoxy) is 1. The normalized spacial score (nSPS) is 11.8. The predicted octanol–water partition coefficient (Wildman–Crippen LogP) is 2.09. The lowest BCUT2D eigenvalue weighted by Crippen LogP contribution is -2.40. The van der Waals surface area contributed by atoms with Gasteiger partial charge in [-0.3, -0.25) is 4.79 Å². The van der Waals surface area contributed by atoms with Crippen LogP contribution in [-0.2, 0) is 9.59 Å². The third-order valence-electron chi connectivity index (χ3n) is 3.12. The van der Waals surface area contributed by atoms with Crippen LogP contribution in [-0.4, -0.2) is 41.6 Å². The third kappa shape index (κ3) is 4.91. The van der Waals surface area contributed by atoms with Crippen LogP contribution in [0.5, 0.6) is 5.75 Å². The zero-order chi connectivity index (χ0) is 15.1. The summed E-state index contributed by atoms with van der Waals surface area (Å²) in [5.74, 6) is -0.408. The van der Waals surface area contributed by atoms with Crippen LogP contribution in [0.2, 0.25) is 0 Å². The van der Waals surface area contributed by atoms with E-state index in [1.165, 1.54) is 18.9 Å². The number of amides is 1. The number of rotatable bonds is 7. The Hall–Kier alpha value is -2.04. The minimum Gasteiger partial charge on any atom is -0.494 e. The van der Waals surface area contributed by atoms with Crippen molar-refractivity contribution in [2.75, 3.05) is 13.7 Å². The number of likely N-dealkylation sites (N-methyl/N-ethyl adjacent to an activating group) is 1.